The van der Waals surface area contributed by atoms with Crippen molar-refractivity contribution in [3.05, 3.63) is 53.4 Å². The summed E-state index contributed by atoms with van der Waals surface area (Å²) in [5, 5.41) is 7.65. The molecule has 0 radical (unpaired) electrons. The van der Waals surface area contributed by atoms with Crippen molar-refractivity contribution in [3.8, 4) is 0 Å². The Labute approximate surface area is 138 Å². The van der Waals surface area contributed by atoms with Gasteiger partial charge < -0.3 is 14.7 Å². The van der Waals surface area contributed by atoms with Gasteiger partial charge in [0.15, 0.2) is 0 Å². The quantitative estimate of drug-likeness (QED) is 0.889. The molecule has 0 amide bonds. The molecule has 124 valence electrons. The summed E-state index contributed by atoms with van der Waals surface area (Å²) in [4.78, 5) is 2.62. The molecule has 1 N–H and O–H groups in total. The number of aryl methyl sites for hydroxylation is 1. The number of likely N-dealkylation sites (tertiary alicyclic amines) is 1. The lowest BCUT2D eigenvalue weighted by Crippen LogP contribution is -2.46. The maximum absolute atomic E-state index is 5.11. The van der Waals surface area contributed by atoms with Gasteiger partial charge in [-0.15, -0.1) is 0 Å². The average molecular weight is 313 g/mol. The zero-order chi connectivity index (χ0) is 16.1. The first kappa shape index (κ1) is 16.2. The minimum Gasteiger partial charge on any atom is -0.361 e. The Hall–Kier alpha value is -1.65. The van der Waals surface area contributed by atoms with Crippen LogP contribution in [-0.4, -0.2) is 35.2 Å². The molecular weight excluding hydrogens is 286 g/mol. The highest BCUT2D eigenvalue weighted by molar-refractivity contribution is 5.15. The summed E-state index contributed by atoms with van der Waals surface area (Å²) in [6.45, 7) is 7.43. The molecule has 1 aromatic carbocycles. The predicted molar refractivity (Wildman–Crippen MR) is 92.3 cm³/mol. The molecular formula is C19H27N3O. The van der Waals surface area contributed by atoms with Gasteiger partial charge in [-0.3, -0.25) is 0 Å². The summed E-state index contributed by atoms with van der Waals surface area (Å²) in [5.41, 5.74) is 2.43. The van der Waals surface area contributed by atoms with Gasteiger partial charge in [0.05, 0.1) is 5.69 Å². The fraction of sp³-hybridized carbons (Fsp3) is 0.526. The first-order chi connectivity index (χ1) is 11.2. The number of aromatic nitrogens is 1. The van der Waals surface area contributed by atoms with Crippen LogP contribution >= 0.6 is 0 Å². The Morgan fingerprint density at radius 3 is 2.65 bits per heavy atom. The van der Waals surface area contributed by atoms with Gasteiger partial charge in [0.2, 0.25) is 0 Å². The maximum atomic E-state index is 5.11. The third-order valence-electron chi connectivity index (χ3n) is 4.78. The van der Waals surface area contributed by atoms with E-state index in [1.165, 1.54) is 31.5 Å². The Morgan fingerprint density at radius 1 is 1.26 bits per heavy atom. The third kappa shape index (κ3) is 4.66. The van der Waals surface area contributed by atoms with E-state index in [9.17, 15) is 0 Å². The van der Waals surface area contributed by atoms with Crippen LogP contribution < -0.4 is 5.32 Å². The molecule has 1 aromatic heterocycles. The highest BCUT2D eigenvalue weighted by Gasteiger charge is 2.22. The van der Waals surface area contributed by atoms with E-state index in [2.05, 4.69) is 52.6 Å². The minimum absolute atomic E-state index is 0.590. The van der Waals surface area contributed by atoms with Crippen LogP contribution in [-0.2, 0) is 13.0 Å². The normalized spacial score (nSPS) is 18.2. The summed E-state index contributed by atoms with van der Waals surface area (Å²) in [6, 6.07) is 14.0. The Morgan fingerprint density at radius 2 is 2.00 bits per heavy atom. The first-order valence-electron chi connectivity index (χ1n) is 8.64. The smallest absolute Gasteiger partial charge is 0.133 e. The Kier molecular flexibility index (Phi) is 5.47. The molecule has 0 spiro atoms. The summed E-state index contributed by atoms with van der Waals surface area (Å²) in [7, 11) is 0. The average Bonchev–Trinajstić information content (AvgIpc) is 3.00. The van der Waals surface area contributed by atoms with E-state index in [1.54, 1.807) is 0 Å². The zero-order valence-corrected chi connectivity index (χ0v) is 14.2. The lowest BCUT2D eigenvalue weighted by molar-refractivity contribution is 0.150. The van der Waals surface area contributed by atoms with E-state index in [0.29, 0.717) is 12.1 Å². The lowest BCUT2D eigenvalue weighted by Gasteiger charge is -2.36. The van der Waals surface area contributed by atoms with Crippen molar-refractivity contribution in [1.29, 1.82) is 0 Å². The number of rotatable bonds is 6. The molecule has 1 atom stereocenters. The van der Waals surface area contributed by atoms with Gasteiger partial charge in [0.1, 0.15) is 5.76 Å². The van der Waals surface area contributed by atoms with Crippen LogP contribution in [0.2, 0.25) is 0 Å². The fourth-order valence-electron chi connectivity index (χ4n) is 3.38. The summed E-state index contributed by atoms with van der Waals surface area (Å²) >= 11 is 0. The predicted octanol–water partition coefficient (Wildman–Crippen LogP) is 3.17. The van der Waals surface area contributed by atoms with Crippen LogP contribution in [0, 0.1) is 6.92 Å². The summed E-state index contributed by atoms with van der Waals surface area (Å²) in [6.07, 6.45) is 3.54. The van der Waals surface area contributed by atoms with Crippen molar-refractivity contribution >= 4 is 0 Å². The largest absolute Gasteiger partial charge is 0.361 e. The van der Waals surface area contributed by atoms with E-state index < -0.39 is 0 Å². The van der Waals surface area contributed by atoms with Crippen molar-refractivity contribution in [1.82, 2.24) is 15.4 Å². The lowest BCUT2D eigenvalue weighted by atomic mass is 10.00. The van der Waals surface area contributed by atoms with E-state index in [-0.39, 0.29) is 0 Å². The second-order valence-corrected chi connectivity index (χ2v) is 6.66. The van der Waals surface area contributed by atoms with Gasteiger partial charge in [0, 0.05) is 24.7 Å². The molecule has 4 heteroatoms. The molecule has 1 fully saturated rings. The molecule has 2 aromatic rings. The summed E-state index contributed by atoms with van der Waals surface area (Å²) in [5.74, 6) is 0.881. The van der Waals surface area contributed by atoms with Gasteiger partial charge in [-0.2, -0.15) is 0 Å². The second-order valence-electron chi connectivity index (χ2n) is 6.66. The van der Waals surface area contributed by atoms with Gasteiger partial charge in [0.25, 0.3) is 0 Å². The van der Waals surface area contributed by atoms with Crippen LogP contribution in [0.1, 0.15) is 36.8 Å². The highest BCUT2D eigenvalue weighted by atomic mass is 16.5. The molecule has 1 aliphatic heterocycles. The molecule has 0 bridgehead atoms. The van der Waals surface area contributed by atoms with Crippen LogP contribution in [0.5, 0.6) is 0 Å². The molecule has 4 nitrogen and oxygen atoms in total. The van der Waals surface area contributed by atoms with Crippen LogP contribution in [0.15, 0.2) is 40.9 Å². The standard InChI is InChI=1S/C19H27N3O/c1-15(12-17-6-4-3-5-7-17)22-10-8-18(9-11-22)20-14-19-13-16(2)23-21-19/h3-7,13,15,18,20H,8-12,14H2,1-2H3. The molecule has 1 unspecified atom stereocenters. The van der Waals surface area contributed by atoms with Crippen molar-refractivity contribution in [3.63, 3.8) is 0 Å². The fourth-order valence-corrected chi connectivity index (χ4v) is 3.38. The van der Waals surface area contributed by atoms with Gasteiger partial charge >= 0.3 is 0 Å². The van der Waals surface area contributed by atoms with Crippen LogP contribution in [0.4, 0.5) is 0 Å². The molecule has 1 aliphatic rings. The highest BCUT2D eigenvalue weighted by Crippen LogP contribution is 2.16. The molecule has 3 rings (SSSR count). The topological polar surface area (TPSA) is 41.3 Å². The molecule has 0 aliphatic carbocycles. The van der Waals surface area contributed by atoms with E-state index in [1.807, 2.05) is 13.0 Å². The third-order valence-corrected chi connectivity index (χ3v) is 4.78. The number of benzene rings is 1. The summed E-state index contributed by atoms with van der Waals surface area (Å²) < 4.78 is 5.11. The number of piperidine rings is 1. The SMILES string of the molecule is Cc1cc(CNC2CCN(C(C)Cc3ccccc3)CC2)no1. The van der Waals surface area contributed by atoms with E-state index in [4.69, 9.17) is 4.52 Å². The van der Waals surface area contributed by atoms with Gasteiger partial charge in [-0.1, -0.05) is 35.5 Å². The Bertz CT molecular complexity index is 588. The number of nitrogens with zero attached hydrogens (tertiary/aromatic N) is 2. The van der Waals surface area contributed by atoms with Crippen molar-refractivity contribution in [2.45, 2.75) is 51.7 Å². The molecule has 0 saturated carbocycles. The number of hydrogen-bond acceptors (Lipinski definition) is 4. The van der Waals surface area contributed by atoms with Crippen LogP contribution in [0.3, 0.4) is 0 Å². The molecule has 1 saturated heterocycles. The minimum atomic E-state index is 0.590. The van der Waals surface area contributed by atoms with Gasteiger partial charge in [-0.05, 0) is 51.8 Å². The van der Waals surface area contributed by atoms with E-state index in [0.717, 1.165) is 24.4 Å². The van der Waals surface area contributed by atoms with E-state index >= 15 is 0 Å². The second kappa shape index (κ2) is 7.75. The van der Waals surface area contributed by atoms with Crippen molar-refractivity contribution in [2.75, 3.05) is 13.1 Å². The number of hydrogen-bond donors (Lipinski definition) is 1. The number of nitrogens with one attached hydrogen (secondary N) is 1. The van der Waals surface area contributed by atoms with Crippen LogP contribution in [0.25, 0.3) is 0 Å². The first-order valence-corrected chi connectivity index (χ1v) is 8.64. The van der Waals surface area contributed by atoms with Gasteiger partial charge in [-0.25, -0.2) is 0 Å². The Balaban J connectivity index is 1.41. The van der Waals surface area contributed by atoms with Crippen molar-refractivity contribution < 1.29 is 4.52 Å². The zero-order valence-electron chi connectivity index (χ0n) is 14.2. The van der Waals surface area contributed by atoms with Crippen molar-refractivity contribution in [2.24, 2.45) is 0 Å². The monoisotopic (exact) mass is 313 g/mol. The molecule has 2 heterocycles. The maximum Gasteiger partial charge on any atom is 0.133 e. The molecule has 23 heavy (non-hydrogen) atoms.